The first-order valence-corrected chi connectivity index (χ1v) is 8.51. The number of hydrogen-bond donors (Lipinski definition) is 1. The van der Waals surface area contributed by atoms with Gasteiger partial charge in [0.1, 0.15) is 5.75 Å². The molecule has 4 rings (SSSR count). The summed E-state index contributed by atoms with van der Waals surface area (Å²) in [7, 11) is 1.53. The zero-order valence-electron chi connectivity index (χ0n) is 13.6. The highest BCUT2D eigenvalue weighted by atomic mass is 35.5. The summed E-state index contributed by atoms with van der Waals surface area (Å²) in [6, 6.07) is 11.0. The molecule has 1 N–H and O–H groups in total. The summed E-state index contributed by atoms with van der Waals surface area (Å²) in [6.07, 6.45) is 5.21. The zero-order chi connectivity index (χ0) is 17.6. The second-order valence-corrected chi connectivity index (χ2v) is 6.84. The average Bonchev–Trinajstić information content (AvgIpc) is 3.10. The van der Waals surface area contributed by atoms with Gasteiger partial charge in [-0.2, -0.15) is 0 Å². The fraction of sp³-hybridized carbons (Fsp3) is 0.263. The lowest BCUT2D eigenvalue weighted by molar-refractivity contribution is -0.385. The van der Waals surface area contributed by atoms with Gasteiger partial charge in [0.25, 0.3) is 5.69 Å². The molecule has 0 unspecified atom stereocenters. The number of non-ortho nitro benzene ring substituents is 1. The minimum absolute atomic E-state index is 0.0534. The summed E-state index contributed by atoms with van der Waals surface area (Å²) in [5.74, 6) is 0.904. The third kappa shape index (κ3) is 2.65. The molecule has 2 aliphatic rings. The number of anilines is 1. The molecule has 0 bridgehead atoms. The monoisotopic (exact) mass is 356 g/mol. The Morgan fingerprint density at radius 1 is 1.32 bits per heavy atom. The van der Waals surface area contributed by atoms with Gasteiger partial charge in [0.2, 0.25) is 0 Å². The van der Waals surface area contributed by atoms with Gasteiger partial charge in [0.05, 0.1) is 29.8 Å². The van der Waals surface area contributed by atoms with Gasteiger partial charge in [-0.3, -0.25) is 10.1 Å². The summed E-state index contributed by atoms with van der Waals surface area (Å²) in [4.78, 5) is 10.9. The first-order chi connectivity index (χ1) is 12.1. The number of nitro benzene ring substituents is 1. The van der Waals surface area contributed by atoms with Crippen molar-refractivity contribution in [2.24, 2.45) is 5.92 Å². The van der Waals surface area contributed by atoms with E-state index in [0.717, 1.165) is 23.2 Å². The molecule has 0 aromatic heterocycles. The maximum Gasteiger partial charge on any atom is 0.273 e. The number of fused-ring (bicyclic) bond motifs is 3. The van der Waals surface area contributed by atoms with Gasteiger partial charge in [-0.25, -0.2) is 0 Å². The molecule has 25 heavy (non-hydrogen) atoms. The number of ether oxygens (including phenoxy) is 1. The fourth-order valence-electron chi connectivity index (χ4n) is 3.95. The lowest BCUT2D eigenvalue weighted by atomic mass is 9.76. The number of nitrogens with zero attached hydrogens (tertiary/aromatic N) is 1. The van der Waals surface area contributed by atoms with Crippen molar-refractivity contribution in [3.05, 3.63) is 74.8 Å². The normalized spacial score (nSPS) is 23.5. The first kappa shape index (κ1) is 16.0. The van der Waals surface area contributed by atoms with Crippen LogP contribution in [0, 0.1) is 16.0 Å². The average molecular weight is 357 g/mol. The van der Waals surface area contributed by atoms with Crippen LogP contribution in [0.5, 0.6) is 5.75 Å². The molecule has 2 aromatic carbocycles. The van der Waals surface area contributed by atoms with Crippen LogP contribution < -0.4 is 10.1 Å². The summed E-state index contributed by atoms with van der Waals surface area (Å²) in [5, 5.41) is 15.5. The Kier molecular flexibility index (Phi) is 3.88. The number of nitro groups is 1. The van der Waals surface area contributed by atoms with E-state index in [-0.39, 0.29) is 28.5 Å². The molecular formula is C19H17ClN2O3. The molecule has 0 radical (unpaired) electrons. The van der Waals surface area contributed by atoms with Gasteiger partial charge < -0.3 is 10.1 Å². The lowest BCUT2D eigenvalue weighted by Gasteiger charge is -2.38. The van der Waals surface area contributed by atoms with Crippen LogP contribution in [0.25, 0.3) is 0 Å². The van der Waals surface area contributed by atoms with Crippen LogP contribution in [0.2, 0.25) is 5.02 Å². The number of allylic oxidation sites excluding steroid dienone is 2. The number of benzene rings is 2. The van der Waals surface area contributed by atoms with Gasteiger partial charge in [-0.1, -0.05) is 35.9 Å². The van der Waals surface area contributed by atoms with Crippen molar-refractivity contribution in [2.75, 3.05) is 12.4 Å². The standard InChI is InChI=1S/C19H17ClN2O3/c1-25-17-10-13(22(23)24)9-16-14-6-3-7-15(14)18(21-19(16)17)11-4-2-5-12(20)8-11/h2-6,8-10,14-15,18,21H,7H2,1H3/t14-,15-,18+/m0/s1. The predicted octanol–water partition coefficient (Wildman–Crippen LogP) is 5.08. The van der Waals surface area contributed by atoms with Gasteiger partial charge >= 0.3 is 0 Å². The highest BCUT2D eigenvalue weighted by molar-refractivity contribution is 6.30. The van der Waals surface area contributed by atoms with E-state index >= 15 is 0 Å². The van der Waals surface area contributed by atoms with Crippen molar-refractivity contribution < 1.29 is 9.66 Å². The molecule has 2 aromatic rings. The van der Waals surface area contributed by atoms with E-state index in [4.69, 9.17) is 16.3 Å². The number of nitrogens with one attached hydrogen (secondary N) is 1. The molecule has 1 heterocycles. The van der Waals surface area contributed by atoms with E-state index in [1.165, 1.54) is 13.2 Å². The van der Waals surface area contributed by atoms with Crippen molar-refractivity contribution in [1.82, 2.24) is 0 Å². The van der Waals surface area contributed by atoms with Gasteiger partial charge in [0, 0.05) is 17.0 Å². The Morgan fingerprint density at radius 2 is 2.16 bits per heavy atom. The minimum atomic E-state index is -0.375. The summed E-state index contributed by atoms with van der Waals surface area (Å²) >= 11 is 6.18. The summed E-state index contributed by atoms with van der Waals surface area (Å²) < 4.78 is 5.44. The summed E-state index contributed by atoms with van der Waals surface area (Å²) in [6.45, 7) is 0. The van der Waals surface area contributed by atoms with E-state index in [2.05, 4.69) is 23.5 Å². The number of halogens is 1. The molecule has 5 nitrogen and oxygen atoms in total. The molecular weight excluding hydrogens is 340 g/mol. The number of methoxy groups -OCH3 is 1. The Labute approximate surface area is 150 Å². The maximum absolute atomic E-state index is 11.3. The first-order valence-electron chi connectivity index (χ1n) is 8.13. The molecule has 128 valence electrons. The zero-order valence-corrected chi connectivity index (χ0v) is 14.4. The van der Waals surface area contributed by atoms with Crippen LogP contribution in [0.3, 0.4) is 0 Å². The third-order valence-corrected chi connectivity index (χ3v) is 5.29. The smallest absolute Gasteiger partial charge is 0.273 e. The number of rotatable bonds is 3. The molecule has 0 fully saturated rings. The van der Waals surface area contributed by atoms with E-state index in [1.54, 1.807) is 6.07 Å². The van der Waals surface area contributed by atoms with Crippen molar-refractivity contribution in [2.45, 2.75) is 18.4 Å². The number of hydrogen-bond acceptors (Lipinski definition) is 4. The van der Waals surface area contributed by atoms with Gasteiger partial charge in [-0.05, 0) is 35.6 Å². The second kappa shape index (κ2) is 6.08. The van der Waals surface area contributed by atoms with Crippen LogP contribution in [0.15, 0.2) is 48.6 Å². The second-order valence-electron chi connectivity index (χ2n) is 6.40. The Hall–Kier alpha value is -2.53. The van der Waals surface area contributed by atoms with E-state index in [9.17, 15) is 10.1 Å². The molecule has 1 aliphatic heterocycles. The fourth-order valence-corrected chi connectivity index (χ4v) is 4.15. The highest BCUT2D eigenvalue weighted by Crippen LogP contribution is 2.53. The quantitative estimate of drug-likeness (QED) is 0.473. The van der Waals surface area contributed by atoms with Crippen molar-refractivity contribution in [3.8, 4) is 5.75 Å². The molecule has 0 saturated carbocycles. The highest BCUT2D eigenvalue weighted by Gasteiger charge is 2.40. The van der Waals surface area contributed by atoms with E-state index < -0.39 is 0 Å². The van der Waals surface area contributed by atoms with Crippen LogP contribution in [-0.2, 0) is 0 Å². The largest absolute Gasteiger partial charge is 0.494 e. The van der Waals surface area contributed by atoms with Crippen LogP contribution >= 0.6 is 11.6 Å². The van der Waals surface area contributed by atoms with Crippen molar-refractivity contribution >= 4 is 23.0 Å². The molecule has 6 heteroatoms. The van der Waals surface area contributed by atoms with Gasteiger partial charge in [-0.15, -0.1) is 0 Å². The SMILES string of the molecule is COc1cc([N+](=O)[O-])cc2c1N[C@H](c1cccc(Cl)c1)[C@H]1CC=C[C@H]21. The molecule has 3 atom stereocenters. The van der Waals surface area contributed by atoms with Crippen LogP contribution in [0.1, 0.15) is 29.5 Å². The van der Waals surface area contributed by atoms with Gasteiger partial charge in [0.15, 0.2) is 0 Å². The predicted molar refractivity (Wildman–Crippen MR) is 97.5 cm³/mol. The van der Waals surface area contributed by atoms with Crippen LogP contribution in [-0.4, -0.2) is 12.0 Å². The topological polar surface area (TPSA) is 64.4 Å². The van der Waals surface area contributed by atoms with E-state index in [1.807, 2.05) is 18.2 Å². The molecule has 0 saturated heterocycles. The minimum Gasteiger partial charge on any atom is -0.494 e. The van der Waals surface area contributed by atoms with Crippen molar-refractivity contribution in [1.29, 1.82) is 0 Å². The van der Waals surface area contributed by atoms with Crippen molar-refractivity contribution in [3.63, 3.8) is 0 Å². The van der Waals surface area contributed by atoms with E-state index in [0.29, 0.717) is 10.8 Å². The maximum atomic E-state index is 11.3. The molecule has 0 spiro atoms. The summed E-state index contributed by atoms with van der Waals surface area (Å²) in [5.41, 5.74) is 2.91. The Morgan fingerprint density at radius 3 is 2.88 bits per heavy atom. The Bertz CT molecular complexity index is 881. The molecule has 1 aliphatic carbocycles. The van der Waals surface area contributed by atoms with Crippen LogP contribution in [0.4, 0.5) is 11.4 Å². The molecule has 0 amide bonds. The lowest BCUT2D eigenvalue weighted by Crippen LogP contribution is -2.29. The Balaban J connectivity index is 1.85. The third-order valence-electron chi connectivity index (χ3n) is 5.06.